The molecule has 52 heavy (non-hydrogen) atoms. The van der Waals surface area contributed by atoms with Crippen molar-refractivity contribution in [1.29, 1.82) is 0 Å². The summed E-state index contributed by atoms with van der Waals surface area (Å²) < 4.78 is 11.2. The number of unbranched alkanes of at least 4 members (excludes halogenated alkanes) is 17. The highest BCUT2D eigenvalue weighted by atomic mass is 16.7. The van der Waals surface area contributed by atoms with Crippen molar-refractivity contribution in [3.63, 3.8) is 0 Å². The van der Waals surface area contributed by atoms with Crippen LogP contribution in [0.25, 0.3) is 0 Å². The van der Waals surface area contributed by atoms with Crippen LogP contribution in [0.15, 0.2) is 0 Å². The molecular formula is C42H83NO9. The molecule has 7 N–H and O–H groups in total. The van der Waals surface area contributed by atoms with Crippen molar-refractivity contribution in [2.75, 3.05) is 13.2 Å². The first kappa shape index (κ1) is 49.2. The summed E-state index contributed by atoms with van der Waals surface area (Å²) in [5.74, 6) is 1.09. The summed E-state index contributed by atoms with van der Waals surface area (Å²) in [6, 6.07) is -0.873. The third-order valence-corrected chi connectivity index (χ3v) is 11.4. The zero-order valence-electron chi connectivity index (χ0n) is 33.8. The van der Waals surface area contributed by atoms with Gasteiger partial charge in [-0.3, -0.25) is 4.79 Å². The van der Waals surface area contributed by atoms with Crippen LogP contribution in [0.4, 0.5) is 0 Å². The molecule has 0 aromatic heterocycles. The van der Waals surface area contributed by atoms with E-state index in [0.29, 0.717) is 12.8 Å². The van der Waals surface area contributed by atoms with Crippen molar-refractivity contribution in [2.24, 2.45) is 11.8 Å². The van der Waals surface area contributed by atoms with Gasteiger partial charge in [-0.05, 0) is 24.7 Å². The second-order valence-electron chi connectivity index (χ2n) is 16.1. The minimum absolute atomic E-state index is 0.231. The maximum Gasteiger partial charge on any atom is 0.249 e. The molecule has 0 saturated carbocycles. The number of hydrogen-bond acceptors (Lipinski definition) is 9. The van der Waals surface area contributed by atoms with Crippen LogP contribution in [-0.2, 0) is 14.3 Å². The van der Waals surface area contributed by atoms with E-state index in [2.05, 4.69) is 33.0 Å². The van der Waals surface area contributed by atoms with Gasteiger partial charge in [0.25, 0.3) is 0 Å². The van der Waals surface area contributed by atoms with Gasteiger partial charge in [0, 0.05) is 0 Å². The summed E-state index contributed by atoms with van der Waals surface area (Å²) in [5, 5.41) is 64.3. The average Bonchev–Trinajstić information content (AvgIpc) is 3.43. The van der Waals surface area contributed by atoms with Gasteiger partial charge in [0.2, 0.25) is 5.91 Å². The highest BCUT2D eigenvalue weighted by Crippen LogP contribution is 2.25. The lowest BCUT2D eigenvalue weighted by molar-refractivity contribution is -0.187. The molecule has 0 spiro atoms. The average molecular weight is 746 g/mol. The molecule has 0 aliphatic carbocycles. The normalized spacial score (nSPS) is 22.6. The fraction of sp³-hybridized carbons (Fsp3) is 0.976. The number of carbonyl (C=O) groups excluding carboxylic acids is 1. The van der Waals surface area contributed by atoms with Crippen molar-refractivity contribution in [3.05, 3.63) is 0 Å². The molecule has 0 radical (unpaired) electrons. The van der Waals surface area contributed by atoms with Crippen molar-refractivity contribution >= 4 is 5.91 Å². The first-order chi connectivity index (χ1) is 25.0. The van der Waals surface area contributed by atoms with Gasteiger partial charge in [-0.1, -0.05) is 175 Å². The van der Waals surface area contributed by atoms with Crippen molar-refractivity contribution < 1.29 is 44.9 Å². The van der Waals surface area contributed by atoms with E-state index in [-0.39, 0.29) is 6.61 Å². The van der Waals surface area contributed by atoms with E-state index in [1.54, 1.807) is 0 Å². The molecule has 1 fully saturated rings. The van der Waals surface area contributed by atoms with E-state index in [1.165, 1.54) is 96.3 Å². The van der Waals surface area contributed by atoms with Crippen molar-refractivity contribution in [3.8, 4) is 0 Å². The summed E-state index contributed by atoms with van der Waals surface area (Å²) in [5.41, 5.74) is 0. The molecule has 1 rings (SSSR count). The lowest BCUT2D eigenvalue weighted by Gasteiger charge is -2.27. The van der Waals surface area contributed by atoms with Crippen LogP contribution in [-0.4, -0.2) is 98.7 Å². The molecule has 0 aromatic carbocycles. The van der Waals surface area contributed by atoms with Crippen molar-refractivity contribution in [1.82, 2.24) is 5.32 Å². The fourth-order valence-corrected chi connectivity index (χ4v) is 7.03. The van der Waals surface area contributed by atoms with E-state index >= 15 is 0 Å². The predicted molar refractivity (Wildman–Crippen MR) is 209 cm³/mol. The number of rotatable bonds is 35. The Bertz CT molecular complexity index is 835. The number of hydrogen-bond donors (Lipinski definition) is 7. The standard InChI is InChI=1S/C42H83NO9/c1-5-32(3)26-22-18-14-10-7-8-12-16-20-24-28-35(45)34(31-51-42-39(49)38(48)40(52-42)37(47)30-44)43-41(50)36(46)29-25-21-17-13-9-11-15-19-23-27-33(4)6-2/h32-40,42,44-49H,5-31H2,1-4H3,(H,43,50). The minimum atomic E-state index is -1.48. The summed E-state index contributed by atoms with van der Waals surface area (Å²) >= 11 is 0. The topological polar surface area (TPSA) is 169 Å². The third-order valence-electron chi connectivity index (χ3n) is 11.4. The number of carbonyl (C=O) groups is 1. The zero-order chi connectivity index (χ0) is 38.6. The van der Waals surface area contributed by atoms with E-state index in [9.17, 15) is 35.4 Å². The number of nitrogens with one attached hydrogen (secondary N) is 1. The van der Waals surface area contributed by atoms with Gasteiger partial charge in [0.15, 0.2) is 6.29 Å². The molecule has 1 aliphatic rings. The molecule has 0 bridgehead atoms. The minimum Gasteiger partial charge on any atom is -0.394 e. The summed E-state index contributed by atoms with van der Waals surface area (Å²) in [7, 11) is 0. The maximum atomic E-state index is 13.0. The summed E-state index contributed by atoms with van der Waals surface area (Å²) in [6.07, 6.45) is 19.0. The Labute approximate surface area is 317 Å². The van der Waals surface area contributed by atoms with Crippen LogP contribution in [0.3, 0.4) is 0 Å². The van der Waals surface area contributed by atoms with Gasteiger partial charge >= 0.3 is 0 Å². The fourth-order valence-electron chi connectivity index (χ4n) is 7.03. The lowest BCUT2D eigenvalue weighted by Crippen LogP contribution is -2.50. The van der Waals surface area contributed by atoms with E-state index < -0.39 is 61.5 Å². The Hall–Kier alpha value is -0.850. The van der Waals surface area contributed by atoms with Crippen LogP contribution >= 0.6 is 0 Å². The molecular weight excluding hydrogens is 662 g/mol. The van der Waals surface area contributed by atoms with Gasteiger partial charge < -0.3 is 45.4 Å². The molecule has 1 heterocycles. The Kier molecular flexibility index (Phi) is 29.7. The molecule has 10 atom stereocenters. The number of aliphatic hydroxyl groups is 6. The van der Waals surface area contributed by atoms with E-state index in [4.69, 9.17) is 9.47 Å². The number of amides is 1. The highest BCUT2D eigenvalue weighted by molar-refractivity contribution is 5.80. The van der Waals surface area contributed by atoms with Crippen LogP contribution in [0.1, 0.15) is 188 Å². The number of ether oxygens (including phenoxy) is 2. The monoisotopic (exact) mass is 746 g/mol. The SMILES string of the molecule is CCC(C)CCCCCCCCCCCCC(O)C(COC1OC(C(O)CO)C(O)C1O)NC(=O)C(O)CCCCCCCCCCCC(C)CC. The Morgan fingerprint density at radius 1 is 0.635 bits per heavy atom. The third kappa shape index (κ3) is 22.5. The maximum absolute atomic E-state index is 13.0. The van der Waals surface area contributed by atoms with Crippen LogP contribution in [0.5, 0.6) is 0 Å². The summed E-state index contributed by atoms with van der Waals surface area (Å²) in [4.78, 5) is 13.0. The molecule has 1 amide bonds. The molecule has 1 aliphatic heterocycles. The van der Waals surface area contributed by atoms with Crippen LogP contribution in [0, 0.1) is 11.8 Å². The van der Waals surface area contributed by atoms with Gasteiger partial charge in [-0.2, -0.15) is 0 Å². The van der Waals surface area contributed by atoms with Crippen molar-refractivity contribution in [2.45, 2.75) is 237 Å². The van der Waals surface area contributed by atoms with Gasteiger partial charge in [0.1, 0.15) is 30.5 Å². The first-order valence-electron chi connectivity index (χ1n) is 21.6. The van der Waals surface area contributed by atoms with E-state index in [1.807, 2.05) is 0 Å². The Balaban J connectivity index is 2.44. The molecule has 0 aromatic rings. The quantitative estimate of drug-likeness (QED) is 0.0336. The molecule has 10 nitrogen and oxygen atoms in total. The largest absolute Gasteiger partial charge is 0.394 e. The van der Waals surface area contributed by atoms with E-state index in [0.717, 1.165) is 63.2 Å². The highest BCUT2D eigenvalue weighted by Gasteiger charge is 2.46. The molecule has 310 valence electrons. The second kappa shape index (κ2) is 31.4. The second-order valence-corrected chi connectivity index (χ2v) is 16.1. The molecule has 10 unspecified atom stereocenters. The Morgan fingerprint density at radius 2 is 1.04 bits per heavy atom. The smallest absolute Gasteiger partial charge is 0.249 e. The first-order valence-corrected chi connectivity index (χ1v) is 21.6. The van der Waals surface area contributed by atoms with Crippen LogP contribution < -0.4 is 5.32 Å². The molecule has 10 heteroatoms. The molecule has 1 saturated heterocycles. The van der Waals surface area contributed by atoms with Gasteiger partial charge in [-0.15, -0.1) is 0 Å². The Morgan fingerprint density at radius 3 is 1.46 bits per heavy atom. The zero-order valence-corrected chi connectivity index (χ0v) is 33.8. The summed E-state index contributed by atoms with van der Waals surface area (Å²) in [6.45, 7) is 8.29. The lowest BCUT2D eigenvalue weighted by atomic mass is 9.99. The van der Waals surface area contributed by atoms with Gasteiger partial charge in [-0.25, -0.2) is 0 Å². The predicted octanol–water partition coefficient (Wildman–Crippen LogP) is 7.07. The number of aliphatic hydroxyl groups excluding tert-OH is 6. The van der Waals surface area contributed by atoms with Crippen LogP contribution in [0.2, 0.25) is 0 Å². The van der Waals surface area contributed by atoms with Gasteiger partial charge in [0.05, 0.1) is 25.4 Å².